The summed E-state index contributed by atoms with van der Waals surface area (Å²) in [7, 11) is 4.01. The summed E-state index contributed by atoms with van der Waals surface area (Å²) in [6, 6.07) is 19.2. The van der Waals surface area contributed by atoms with Crippen LogP contribution in [0.25, 0.3) is 16.7 Å². The van der Waals surface area contributed by atoms with Crippen LogP contribution in [0.3, 0.4) is 0 Å². The van der Waals surface area contributed by atoms with Gasteiger partial charge in [-0.2, -0.15) is 5.10 Å². The van der Waals surface area contributed by atoms with E-state index in [9.17, 15) is 4.79 Å². The standard InChI is InChI=1S/C24H24N4O3/c1-4-30-21-11-12-22-17(14-21)15-23(31-22)24(29)26-25-16-20-6-5-13-28(20)19-9-7-18(8-10-19)27(2)3/h5-16H,4H2,1-3H3,(H,26,29)/b25-16+. The minimum absolute atomic E-state index is 0.190. The number of carbonyl (C=O) groups excluding carboxylic acids is 1. The second-order valence-corrected chi connectivity index (χ2v) is 7.16. The fraction of sp³-hybridized carbons (Fsp3) is 0.167. The van der Waals surface area contributed by atoms with Crippen LogP contribution in [0.2, 0.25) is 0 Å². The summed E-state index contributed by atoms with van der Waals surface area (Å²) in [5.41, 5.74) is 6.11. The maximum absolute atomic E-state index is 12.4. The first kappa shape index (κ1) is 20.3. The van der Waals surface area contributed by atoms with E-state index in [-0.39, 0.29) is 5.76 Å². The third-order valence-electron chi connectivity index (χ3n) is 4.81. The first-order valence-electron chi connectivity index (χ1n) is 10.00. The maximum atomic E-state index is 12.4. The zero-order valence-electron chi connectivity index (χ0n) is 17.7. The molecule has 7 nitrogen and oxygen atoms in total. The van der Waals surface area contributed by atoms with E-state index >= 15 is 0 Å². The molecular weight excluding hydrogens is 392 g/mol. The average Bonchev–Trinajstić information content (AvgIpc) is 3.40. The van der Waals surface area contributed by atoms with E-state index in [1.807, 2.05) is 73.1 Å². The Kier molecular flexibility index (Phi) is 5.75. The van der Waals surface area contributed by atoms with Crippen LogP contribution in [0.5, 0.6) is 5.75 Å². The van der Waals surface area contributed by atoms with Crippen molar-refractivity contribution in [1.82, 2.24) is 9.99 Å². The Morgan fingerprint density at radius 1 is 1.16 bits per heavy atom. The lowest BCUT2D eigenvalue weighted by Crippen LogP contribution is -2.17. The SMILES string of the molecule is CCOc1ccc2oc(C(=O)N/N=C/c3cccn3-c3ccc(N(C)C)cc3)cc2c1. The van der Waals surface area contributed by atoms with E-state index in [1.54, 1.807) is 18.3 Å². The fourth-order valence-electron chi connectivity index (χ4n) is 3.25. The Labute approximate surface area is 180 Å². The Balaban J connectivity index is 1.46. The highest BCUT2D eigenvalue weighted by molar-refractivity contribution is 5.96. The van der Waals surface area contributed by atoms with Gasteiger partial charge in [-0.1, -0.05) is 0 Å². The summed E-state index contributed by atoms with van der Waals surface area (Å²) < 4.78 is 13.1. The molecule has 31 heavy (non-hydrogen) atoms. The molecule has 2 heterocycles. The topological polar surface area (TPSA) is 72.0 Å². The molecule has 0 aliphatic rings. The summed E-state index contributed by atoms with van der Waals surface area (Å²) in [5.74, 6) is 0.509. The predicted molar refractivity (Wildman–Crippen MR) is 123 cm³/mol. The van der Waals surface area contributed by atoms with Gasteiger partial charge in [0.15, 0.2) is 5.76 Å². The second kappa shape index (κ2) is 8.79. The average molecular weight is 416 g/mol. The number of fused-ring (bicyclic) bond motifs is 1. The van der Waals surface area contributed by atoms with Crippen molar-refractivity contribution < 1.29 is 13.9 Å². The van der Waals surface area contributed by atoms with E-state index in [0.717, 1.165) is 28.2 Å². The molecule has 0 atom stereocenters. The van der Waals surface area contributed by atoms with Gasteiger partial charge in [0.2, 0.25) is 0 Å². The largest absolute Gasteiger partial charge is 0.494 e. The normalized spacial score (nSPS) is 11.2. The third kappa shape index (κ3) is 4.45. The highest BCUT2D eigenvalue weighted by Gasteiger charge is 2.12. The van der Waals surface area contributed by atoms with Gasteiger partial charge in [0, 0.05) is 37.1 Å². The number of nitrogens with zero attached hydrogens (tertiary/aromatic N) is 3. The van der Waals surface area contributed by atoms with Crippen LogP contribution >= 0.6 is 0 Å². The Morgan fingerprint density at radius 2 is 1.97 bits per heavy atom. The van der Waals surface area contributed by atoms with Gasteiger partial charge in [-0.05, 0) is 67.6 Å². The van der Waals surface area contributed by atoms with E-state index in [0.29, 0.717) is 12.2 Å². The molecule has 0 bridgehead atoms. The summed E-state index contributed by atoms with van der Waals surface area (Å²) >= 11 is 0. The number of nitrogens with one attached hydrogen (secondary N) is 1. The number of furan rings is 1. The fourth-order valence-corrected chi connectivity index (χ4v) is 3.25. The van der Waals surface area contributed by atoms with Crippen LogP contribution in [0.1, 0.15) is 23.2 Å². The molecule has 0 aliphatic carbocycles. The number of anilines is 1. The summed E-state index contributed by atoms with van der Waals surface area (Å²) in [5, 5.41) is 4.90. The Hall–Kier alpha value is -4.00. The van der Waals surface area contributed by atoms with Crippen molar-refractivity contribution >= 4 is 28.8 Å². The first-order chi connectivity index (χ1) is 15.0. The van der Waals surface area contributed by atoms with Crippen LogP contribution in [0, 0.1) is 0 Å². The number of hydrogen-bond acceptors (Lipinski definition) is 5. The summed E-state index contributed by atoms with van der Waals surface area (Å²) in [4.78, 5) is 14.5. The Morgan fingerprint density at radius 3 is 2.71 bits per heavy atom. The number of ether oxygens (including phenoxy) is 1. The zero-order valence-corrected chi connectivity index (χ0v) is 17.7. The second-order valence-electron chi connectivity index (χ2n) is 7.16. The van der Waals surface area contributed by atoms with E-state index in [2.05, 4.69) is 22.7 Å². The lowest BCUT2D eigenvalue weighted by molar-refractivity contribution is 0.0929. The molecule has 0 saturated carbocycles. The van der Waals surface area contributed by atoms with Crippen molar-refractivity contribution in [3.8, 4) is 11.4 Å². The van der Waals surface area contributed by atoms with Crippen LogP contribution in [-0.2, 0) is 0 Å². The number of carbonyl (C=O) groups is 1. The minimum Gasteiger partial charge on any atom is -0.494 e. The molecule has 0 aliphatic heterocycles. The van der Waals surface area contributed by atoms with Gasteiger partial charge in [-0.25, -0.2) is 5.43 Å². The molecule has 2 aromatic carbocycles. The smallest absolute Gasteiger partial charge is 0.307 e. The zero-order chi connectivity index (χ0) is 21.8. The van der Waals surface area contributed by atoms with E-state index < -0.39 is 5.91 Å². The van der Waals surface area contributed by atoms with E-state index in [4.69, 9.17) is 9.15 Å². The van der Waals surface area contributed by atoms with Gasteiger partial charge >= 0.3 is 5.91 Å². The quantitative estimate of drug-likeness (QED) is 0.357. The molecule has 158 valence electrons. The summed E-state index contributed by atoms with van der Waals surface area (Å²) in [6.07, 6.45) is 3.55. The molecule has 0 spiro atoms. The van der Waals surface area contributed by atoms with Crippen LogP contribution in [-0.4, -0.2) is 37.4 Å². The van der Waals surface area contributed by atoms with Gasteiger partial charge < -0.3 is 18.6 Å². The van der Waals surface area contributed by atoms with Gasteiger partial charge in [-0.15, -0.1) is 0 Å². The van der Waals surface area contributed by atoms with Crippen LogP contribution < -0.4 is 15.1 Å². The van der Waals surface area contributed by atoms with Crippen molar-refractivity contribution in [2.24, 2.45) is 5.10 Å². The maximum Gasteiger partial charge on any atom is 0.307 e. The van der Waals surface area contributed by atoms with Gasteiger partial charge in [0.05, 0.1) is 18.5 Å². The summed E-state index contributed by atoms with van der Waals surface area (Å²) in [6.45, 7) is 2.50. The minimum atomic E-state index is -0.418. The third-order valence-corrected chi connectivity index (χ3v) is 4.81. The van der Waals surface area contributed by atoms with Crippen molar-refractivity contribution in [1.29, 1.82) is 0 Å². The number of benzene rings is 2. The number of hydrogen-bond donors (Lipinski definition) is 1. The number of aromatic nitrogens is 1. The molecular formula is C24H24N4O3. The molecule has 1 N–H and O–H groups in total. The lowest BCUT2D eigenvalue weighted by atomic mass is 10.2. The molecule has 4 aromatic rings. The predicted octanol–water partition coefficient (Wildman–Crippen LogP) is 4.45. The number of amides is 1. The molecule has 0 saturated heterocycles. The lowest BCUT2D eigenvalue weighted by Gasteiger charge is -2.13. The molecule has 1 amide bonds. The number of hydrazone groups is 1. The van der Waals surface area contributed by atoms with Crippen molar-refractivity contribution in [2.75, 3.05) is 25.6 Å². The molecule has 4 rings (SSSR count). The molecule has 0 fully saturated rings. The van der Waals surface area contributed by atoms with Crippen molar-refractivity contribution in [3.05, 3.63) is 78.3 Å². The van der Waals surface area contributed by atoms with Crippen LogP contribution in [0.15, 0.2) is 76.4 Å². The highest BCUT2D eigenvalue weighted by Crippen LogP contribution is 2.24. The molecule has 0 radical (unpaired) electrons. The van der Waals surface area contributed by atoms with Gasteiger partial charge in [0.25, 0.3) is 0 Å². The number of rotatable bonds is 7. The highest BCUT2D eigenvalue weighted by atomic mass is 16.5. The Bertz CT molecular complexity index is 1220. The van der Waals surface area contributed by atoms with Crippen molar-refractivity contribution in [3.63, 3.8) is 0 Å². The van der Waals surface area contributed by atoms with Crippen LogP contribution in [0.4, 0.5) is 5.69 Å². The molecule has 0 unspecified atom stereocenters. The van der Waals surface area contributed by atoms with E-state index in [1.165, 1.54) is 0 Å². The first-order valence-corrected chi connectivity index (χ1v) is 10.00. The van der Waals surface area contributed by atoms with Gasteiger partial charge in [-0.3, -0.25) is 4.79 Å². The molecule has 2 aromatic heterocycles. The van der Waals surface area contributed by atoms with Gasteiger partial charge in [0.1, 0.15) is 11.3 Å². The van der Waals surface area contributed by atoms with Crippen molar-refractivity contribution in [2.45, 2.75) is 6.92 Å². The molecule has 7 heteroatoms. The monoisotopic (exact) mass is 416 g/mol.